The van der Waals surface area contributed by atoms with Crippen molar-refractivity contribution in [3.63, 3.8) is 0 Å². The van der Waals surface area contributed by atoms with E-state index in [0.29, 0.717) is 28.6 Å². The van der Waals surface area contributed by atoms with Gasteiger partial charge in [0.1, 0.15) is 0 Å². The minimum atomic E-state index is -4.36. The molecule has 1 N–H and O–H groups in total. The molecule has 0 saturated heterocycles. The molecular formula is C42H46ClNNa4O5S. The summed E-state index contributed by atoms with van der Waals surface area (Å²) in [6.07, 6.45) is 6.00. The van der Waals surface area contributed by atoms with Crippen molar-refractivity contribution in [1.29, 1.82) is 0 Å². The van der Waals surface area contributed by atoms with E-state index in [2.05, 4.69) is 44.3 Å². The third-order valence-corrected chi connectivity index (χ3v) is 10.8. The molecule has 0 bridgehead atoms. The first-order valence-corrected chi connectivity index (χ1v) is 28.1. The number of aryl methyl sites for hydroxylation is 1. The topological polar surface area (TPSA) is 103 Å². The van der Waals surface area contributed by atoms with E-state index in [0.717, 1.165) is 47.1 Å². The SMILES string of the molecule is Cc1cc(Cl)ccc1-c1ccc(NC(=O)[C@H](Cc2ccc(C(=O)CCCS(=O)(=O)[O-])cc2)c2ccc(C3=CC[C@H](C(C)(C)C)CC3)cc2)cc1.[H-].[Na+].[Na+].[Na][Na]. The fraction of sp³-hybridized carbons (Fsp3) is 0.333. The zero-order valence-corrected chi connectivity index (χ0v) is 42.7. The molecule has 0 aliphatic heterocycles. The van der Waals surface area contributed by atoms with Gasteiger partial charge in [-0.3, -0.25) is 9.59 Å². The van der Waals surface area contributed by atoms with Gasteiger partial charge in [-0.15, -0.1) is 0 Å². The van der Waals surface area contributed by atoms with E-state index >= 15 is 0 Å². The fourth-order valence-corrected chi connectivity index (χ4v) is 7.43. The maximum atomic E-state index is 14.0. The van der Waals surface area contributed by atoms with Crippen LogP contribution < -0.4 is 64.4 Å². The van der Waals surface area contributed by atoms with Gasteiger partial charge in [-0.05, 0) is 114 Å². The van der Waals surface area contributed by atoms with E-state index in [1.54, 1.807) is 12.1 Å². The number of nitrogens with one attached hydrogen (secondary N) is 1. The average molecular weight is 804 g/mol. The third kappa shape index (κ3) is 15.3. The Morgan fingerprint density at radius 3 is 2.07 bits per heavy atom. The number of rotatable bonds is 12. The Balaban J connectivity index is 0.00000298. The summed E-state index contributed by atoms with van der Waals surface area (Å²) < 4.78 is 32.8. The van der Waals surface area contributed by atoms with Crippen LogP contribution in [0.15, 0.2) is 97.1 Å². The summed E-state index contributed by atoms with van der Waals surface area (Å²) >= 11 is 9.04. The van der Waals surface area contributed by atoms with Gasteiger partial charge < -0.3 is 11.3 Å². The molecule has 2 atom stereocenters. The molecule has 5 rings (SSSR count). The Hall–Kier alpha value is -0.0400. The van der Waals surface area contributed by atoms with Crippen molar-refractivity contribution in [3.05, 3.63) is 130 Å². The number of hydrogen-bond donors (Lipinski definition) is 1. The minimum absolute atomic E-state index is 0. The van der Waals surface area contributed by atoms with E-state index in [-0.39, 0.29) is 90.5 Å². The molecule has 1 aliphatic carbocycles. The molecule has 54 heavy (non-hydrogen) atoms. The van der Waals surface area contributed by atoms with Crippen molar-refractivity contribution in [2.24, 2.45) is 11.3 Å². The number of anilines is 1. The zero-order valence-electron chi connectivity index (χ0n) is 34.2. The van der Waals surface area contributed by atoms with Gasteiger partial charge in [0.05, 0.1) is 16.0 Å². The predicted molar refractivity (Wildman–Crippen MR) is 215 cm³/mol. The van der Waals surface area contributed by atoms with Crippen molar-refractivity contribution < 1.29 is 83.1 Å². The number of benzene rings is 4. The van der Waals surface area contributed by atoms with E-state index in [4.69, 9.17) is 11.6 Å². The molecule has 12 heteroatoms. The first kappa shape index (κ1) is 50.1. The fourth-order valence-electron chi connectivity index (χ4n) is 6.70. The van der Waals surface area contributed by atoms with Crippen molar-refractivity contribution >= 4 is 88.3 Å². The van der Waals surface area contributed by atoms with Crippen LogP contribution in [0.4, 0.5) is 5.69 Å². The normalized spacial score (nSPS) is 14.6. The molecule has 0 unspecified atom stereocenters. The third-order valence-electron chi connectivity index (χ3n) is 9.80. The van der Waals surface area contributed by atoms with Crippen LogP contribution >= 0.6 is 11.6 Å². The first-order chi connectivity index (χ1) is 24.7. The quantitative estimate of drug-likeness (QED) is 0.135. The second-order valence-corrected chi connectivity index (χ2v) is 16.4. The van der Waals surface area contributed by atoms with E-state index in [1.807, 2.05) is 73.7 Å². The Labute approximate surface area is 401 Å². The van der Waals surface area contributed by atoms with Crippen molar-refractivity contribution in [1.82, 2.24) is 0 Å². The Morgan fingerprint density at radius 2 is 1.54 bits per heavy atom. The Bertz CT molecular complexity index is 1990. The molecule has 0 aromatic heterocycles. The van der Waals surface area contributed by atoms with Gasteiger partial charge >= 0.3 is 103 Å². The number of allylic oxidation sites excluding steroid dienone is 2. The summed E-state index contributed by atoms with van der Waals surface area (Å²) in [5.74, 6) is -0.773. The molecule has 1 aliphatic rings. The summed E-state index contributed by atoms with van der Waals surface area (Å²) in [6, 6.07) is 28.9. The molecule has 4 aromatic rings. The predicted octanol–water partition coefficient (Wildman–Crippen LogP) is 3.38. The molecule has 6 nitrogen and oxygen atoms in total. The number of halogens is 1. The van der Waals surface area contributed by atoms with Crippen LogP contribution in [0.5, 0.6) is 0 Å². The number of Topliss-reactive ketones (excluding diaryl/α,β-unsaturated/α-hetero) is 1. The van der Waals surface area contributed by atoms with Gasteiger partial charge in [0, 0.05) is 28.4 Å². The van der Waals surface area contributed by atoms with Gasteiger partial charge in [-0.1, -0.05) is 105 Å². The van der Waals surface area contributed by atoms with Crippen molar-refractivity contribution in [2.45, 2.75) is 72.1 Å². The summed E-state index contributed by atoms with van der Waals surface area (Å²) in [4.78, 5) is 26.6. The summed E-state index contributed by atoms with van der Waals surface area (Å²) in [5.41, 5.74) is 8.88. The van der Waals surface area contributed by atoms with Crippen LogP contribution in [0.25, 0.3) is 16.7 Å². The molecular weight excluding hydrogens is 758 g/mol. The van der Waals surface area contributed by atoms with Crippen LogP contribution in [-0.4, -0.2) is 74.0 Å². The molecule has 266 valence electrons. The second-order valence-electron chi connectivity index (χ2n) is 14.5. The Kier molecular flexibility index (Phi) is 21.8. The molecule has 4 aromatic carbocycles. The summed E-state index contributed by atoms with van der Waals surface area (Å²) in [6.45, 7) is 8.94. The number of hydrogen-bond acceptors (Lipinski definition) is 5. The number of amides is 1. The first-order valence-electron chi connectivity index (χ1n) is 18.2. The molecule has 0 saturated carbocycles. The van der Waals surface area contributed by atoms with Crippen LogP contribution in [0.3, 0.4) is 0 Å². The van der Waals surface area contributed by atoms with E-state index in [1.165, 1.54) is 54.8 Å². The van der Waals surface area contributed by atoms with Crippen LogP contribution in [0, 0.1) is 18.3 Å². The van der Waals surface area contributed by atoms with Crippen LogP contribution in [0.1, 0.15) is 92.8 Å². The summed E-state index contributed by atoms with van der Waals surface area (Å²) in [7, 11) is -4.36. The molecule has 0 spiro atoms. The monoisotopic (exact) mass is 803 g/mol. The van der Waals surface area contributed by atoms with Crippen molar-refractivity contribution in [3.8, 4) is 11.1 Å². The van der Waals surface area contributed by atoms with Crippen LogP contribution in [-0.2, 0) is 21.3 Å². The summed E-state index contributed by atoms with van der Waals surface area (Å²) in [5, 5.41) is 3.81. The number of carbonyl (C=O) groups excluding carboxylic acids is 2. The second kappa shape index (κ2) is 23.5. The molecule has 0 heterocycles. The Morgan fingerprint density at radius 1 is 0.926 bits per heavy atom. The zero-order chi connectivity index (χ0) is 38.1. The average Bonchev–Trinajstić information content (AvgIpc) is 3.11. The number of ketones is 1. The van der Waals surface area contributed by atoms with E-state index in [9.17, 15) is 22.6 Å². The van der Waals surface area contributed by atoms with Gasteiger partial charge in [-0.2, -0.15) is 0 Å². The van der Waals surface area contributed by atoms with Crippen LogP contribution in [0.2, 0.25) is 5.02 Å². The number of carbonyl (C=O) groups is 2. The molecule has 1 amide bonds. The van der Waals surface area contributed by atoms with E-state index < -0.39 is 21.8 Å². The van der Waals surface area contributed by atoms with Gasteiger partial charge in [0.2, 0.25) is 5.91 Å². The van der Waals surface area contributed by atoms with Gasteiger partial charge in [-0.25, -0.2) is 8.42 Å². The standard InChI is InChI=1S/C42H46ClNO5S.4Na.H/c1-28-26-36(43)21-24-38(28)32-17-22-37(23-18-32)44-41(46)39(27-29-7-9-34(10-8-29)40(45)6-5-25-50(47,48)49)33-13-11-30(12-14-33)31-15-19-35(20-16-31)42(2,3)4;;;;;/h7-15,17-18,21-24,26,35,39H,5-6,16,19-20,25,27H2,1-4H3,(H,44,46)(H,47,48,49);;;;;/q;;;2*+1;-1/p-1/t35-,39+;;;;;/m0...../s1. The molecule has 0 radical (unpaired) electrons. The molecule has 0 fully saturated rings. The van der Waals surface area contributed by atoms with Crippen molar-refractivity contribution in [2.75, 3.05) is 11.1 Å². The maximum absolute atomic E-state index is 14.0. The van der Waals surface area contributed by atoms with Gasteiger partial charge in [0.15, 0.2) is 5.78 Å². The van der Waals surface area contributed by atoms with Gasteiger partial charge in [0.25, 0.3) is 0 Å².